The second-order valence-electron chi connectivity index (χ2n) is 8.14. The maximum atomic E-state index is 12.6. The van der Waals surface area contributed by atoms with Gasteiger partial charge in [0.05, 0.1) is 18.8 Å². The Kier molecular flexibility index (Phi) is 8.91. The molecule has 2 N–H and O–H groups in total. The van der Waals surface area contributed by atoms with Gasteiger partial charge in [0.15, 0.2) is 6.61 Å². The average molecular weight is 544 g/mol. The van der Waals surface area contributed by atoms with Gasteiger partial charge in [0.25, 0.3) is 0 Å². The van der Waals surface area contributed by atoms with Gasteiger partial charge in [0, 0.05) is 28.5 Å². The van der Waals surface area contributed by atoms with E-state index in [0.717, 1.165) is 5.70 Å². The van der Waals surface area contributed by atoms with Crippen LogP contribution in [0.2, 0.25) is 5.02 Å². The third kappa shape index (κ3) is 8.80. The molecule has 1 heterocycles. The third-order valence-corrected chi connectivity index (χ3v) is 6.62. The summed E-state index contributed by atoms with van der Waals surface area (Å²) < 4.78 is 70.1. The molecule has 0 spiro atoms. The lowest BCUT2D eigenvalue weighted by molar-refractivity contribution is -0.153. The number of halogens is 4. The molecule has 36 heavy (non-hydrogen) atoms. The number of carbonyl (C=O) groups is 1. The lowest BCUT2D eigenvalue weighted by Gasteiger charge is -2.29. The minimum atomic E-state index is -4.51. The molecular weight excluding hydrogens is 519 g/mol. The number of allylic oxidation sites excluding steroid dienone is 3. The summed E-state index contributed by atoms with van der Waals surface area (Å²) in [4.78, 5) is 14.3. The monoisotopic (exact) mass is 543 g/mol. The molecule has 0 aromatic heterocycles. The standard InChI is InChI=1S/C24H25ClF3N3O4S/c1-17-7-9-21(30-36(33,34)15-18-5-3-2-4-6-18)13-31(17)14-23(32)29-12-19-11-20(25)8-10-22(19)35-16-24(26,27)28/h2-11,30H,12-16H2,1H3,(H,29,32). The molecule has 1 aliphatic rings. The van der Waals surface area contributed by atoms with Crippen LogP contribution in [-0.4, -0.2) is 45.1 Å². The number of carbonyl (C=O) groups excluding carboxylic acids is 1. The highest BCUT2D eigenvalue weighted by molar-refractivity contribution is 7.88. The van der Waals surface area contributed by atoms with Gasteiger partial charge in [-0.3, -0.25) is 9.52 Å². The highest BCUT2D eigenvalue weighted by Crippen LogP contribution is 2.25. The molecule has 0 aliphatic carbocycles. The van der Waals surface area contributed by atoms with E-state index in [4.69, 9.17) is 16.3 Å². The minimum Gasteiger partial charge on any atom is -0.484 e. The van der Waals surface area contributed by atoms with E-state index >= 15 is 0 Å². The Hall–Kier alpha value is -3.18. The molecule has 194 valence electrons. The van der Waals surface area contributed by atoms with Crippen molar-refractivity contribution in [1.29, 1.82) is 0 Å². The van der Waals surface area contributed by atoms with E-state index in [1.54, 1.807) is 54.3 Å². The van der Waals surface area contributed by atoms with Crippen molar-refractivity contribution in [3.8, 4) is 5.75 Å². The van der Waals surface area contributed by atoms with Crippen molar-refractivity contribution in [2.45, 2.75) is 25.4 Å². The van der Waals surface area contributed by atoms with E-state index in [0.29, 0.717) is 16.8 Å². The summed E-state index contributed by atoms with van der Waals surface area (Å²) in [5, 5.41) is 2.92. The van der Waals surface area contributed by atoms with Crippen molar-refractivity contribution in [3.05, 3.63) is 88.2 Å². The number of nitrogens with one attached hydrogen (secondary N) is 2. The average Bonchev–Trinajstić information content (AvgIpc) is 2.79. The van der Waals surface area contributed by atoms with Gasteiger partial charge in [-0.05, 0) is 42.8 Å². The van der Waals surface area contributed by atoms with Gasteiger partial charge in [-0.1, -0.05) is 41.9 Å². The van der Waals surface area contributed by atoms with Crippen LogP contribution in [0.5, 0.6) is 5.75 Å². The molecule has 7 nitrogen and oxygen atoms in total. The van der Waals surface area contributed by atoms with Crippen LogP contribution < -0.4 is 14.8 Å². The summed E-state index contributed by atoms with van der Waals surface area (Å²) >= 11 is 5.95. The minimum absolute atomic E-state index is 0.0379. The predicted molar refractivity (Wildman–Crippen MR) is 130 cm³/mol. The molecule has 0 radical (unpaired) electrons. The normalized spacial score (nSPS) is 14.1. The Morgan fingerprint density at radius 2 is 1.86 bits per heavy atom. The van der Waals surface area contributed by atoms with Crippen LogP contribution in [0.1, 0.15) is 18.1 Å². The lowest BCUT2D eigenvalue weighted by Crippen LogP contribution is -2.40. The molecular formula is C24H25ClF3N3O4S. The Morgan fingerprint density at radius 3 is 2.56 bits per heavy atom. The van der Waals surface area contributed by atoms with Crippen molar-refractivity contribution >= 4 is 27.5 Å². The molecule has 1 amide bonds. The topological polar surface area (TPSA) is 87.7 Å². The number of amides is 1. The first-order valence-electron chi connectivity index (χ1n) is 10.8. The van der Waals surface area contributed by atoms with Crippen LogP contribution in [0, 0.1) is 0 Å². The van der Waals surface area contributed by atoms with E-state index in [-0.39, 0.29) is 36.2 Å². The highest BCUT2D eigenvalue weighted by atomic mass is 35.5. The Balaban J connectivity index is 1.57. The number of alkyl halides is 3. The Bertz CT molecular complexity index is 1250. The van der Waals surface area contributed by atoms with E-state index in [1.807, 2.05) is 0 Å². The number of hydrogen-bond donors (Lipinski definition) is 2. The molecule has 1 aliphatic heterocycles. The van der Waals surface area contributed by atoms with Gasteiger partial charge < -0.3 is 15.0 Å². The second-order valence-corrected chi connectivity index (χ2v) is 10.3. The summed E-state index contributed by atoms with van der Waals surface area (Å²) in [6.45, 7) is 0.261. The molecule has 0 fully saturated rings. The molecule has 0 saturated heterocycles. The quantitative estimate of drug-likeness (QED) is 0.471. The third-order valence-electron chi connectivity index (χ3n) is 5.10. The first kappa shape index (κ1) is 27.4. The van der Waals surface area contributed by atoms with Gasteiger partial charge in [-0.15, -0.1) is 0 Å². The second kappa shape index (κ2) is 11.7. The van der Waals surface area contributed by atoms with Gasteiger partial charge >= 0.3 is 6.18 Å². The fourth-order valence-corrected chi connectivity index (χ4v) is 4.83. The zero-order valence-electron chi connectivity index (χ0n) is 19.3. The van der Waals surface area contributed by atoms with Crippen molar-refractivity contribution in [2.24, 2.45) is 0 Å². The first-order chi connectivity index (χ1) is 16.9. The first-order valence-corrected chi connectivity index (χ1v) is 12.8. The number of benzene rings is 2. The van der Waals surface area contributed by atoms with Gasteiger partial charge in [0.2, 0.25) is 15.9 Å². The lowest BCUT2D eigenvalue weighted by atomic mass is 10.2. The molecule has 0 bridgehead atoms. The van der Waals surface area contributed by atoms with Crippen LogP contribution in [0.4, 0.5) is 13.2 Å². The zero-order valence-corrected chi connectivity index (χ0v) is 20.9. The summed E-state index contributed by atoms with van der Waals surface area (Å²) in [7, 11) is -3.66. The van der Waals surface area contributed by atoms with Gasteiger partial charge in [-0.2, -0.15) is 13.2 Å². The van der Waals surface area contributed by atoms with Crippen LogP contribution in [0.15, 0.2) is 72.1 Å². The molecule has 3 rings (SSSR count). The maximum absolute atomic E-state index is 12.6. The van der Waals surface area contributed by atoms with Crippen LogP contribution in [0.3, 0.4) is 0 Å². The molecule has 0 saturated carbocycles. The molecule has 2 aromatic rings. The fraction of sp³-hybridized carbons (Fsp3) is 0.292. The summed E-state index contributed by atoms with van der Waals surface area (Å²) in [5.41, 5.74) is 2.08. The van der Waals surface area contributed by atoms with E-state index in [9.17, 15) is 26.4 Å². The van der Waals surface area contributed by atoms with Crippen LogP contribution >= 0.6 is 11.6 Å². The molecule has 0 atom stereocenters. The van der Waals surface area contributed by atoms with Gasteiger partial charge in [-0.25, -0.2) is 8.42 Å². The summed E-state index contributed by atoms with van der Waals surface area (Å²) in [6.07, 6.45) is -1.17. The molecule has 0 unspecified atom stereocenters. The highest BCUT2D eigenvalue weighted by Gasteiger charge is 2.29. The largest absolute Gasteiger partial charge is 0.484 e. The number of rotatable bonds is 10. The SMILES string of the molecule is CC1=CC=C(NS(=O)(=O)Cc2ccccc2)CN1CC(=O)NCc1cc(Cl)ccc1OCC(F)(F)F. The predicted octanol–water partition coefficient (Wildman–Crippen LogP) is 4.12. The Labute approximate surface area is 212 Å². The van der Waals surface area contributed by atoms with E-state index in [2.05, 4.69) is 10.0 Å². The molecule has 2 aromatic carbocycles. The van der Waals surface area contributed by atoms with Crippen LogP contribution in [0.25, 0.3) is 0 Å². The van der Waals surface area contributed by atoms with E-state index in [1.165, 1.54) is 18.2 Å². The number of sulfonamides is 1. The summed E-state index contributed by atoms with van der Waals surface area (Å²) in [5.74, 6) is -0.644. The van der Waals surface area contributed by atoms with Crippen molar-refractivity contribution in [3.63, 3.8) is 0 Å². The van der Waals surface area contributed by atoms with Crippen molar-refractivity contribution in [2.75, 3.05) is 19.7 Å². The number of nitrogens with zero attached hydrogens (tertiary/aromatic N) is 1. The maximum Gasteiger partial charge on any atom is 0.422 e. The summed E-state index contributed by atoms with van der Waals surface area (Å²) in [6, 6.07) is 12.9. The number of ether oxygens (including phenoxy) is 1. The number of hydrogen-bond acceptors (Lipinski definition) is 5. The van der Waals surface area contributed by atoms with E-state index < -0.39 is 28.7 Å². The van der Waals surface area contributed by atoms with Crippen LogP contribution in [-0.2, 0) is 27.1 Å². The van der Waals surface area contributed by atoms with Crippen molar-refractivity contribution < 1.29 is 31.1 Å². The Morgan fingerprint density at radius 1 is 1.14 bits per heavy atom. The molecule has 12 heteroatoms. The smallest absolute Gasteiger partial charge is 0.422 e. The fourth-order valence-electron chi connectivity index (χ4n) is 3.40. The van der Waals surface area contributed by atoms with Gasteiger partial charge in [0.1, 0.15) is 5.75 Å². The zero-order chi connectivity index (χ0) is 26.3. The van der Waals surface area contributed by atoms with Crippen molar-refractivity contribution in [1.82, 2.24) is 14.9 Å².